The van der Waals surface area contributed by atoms with Crippen molar-refractivity contribution >= 4 is 17.7 Å². The first kappa shape index (κ1) is 28.0. The van der Waals surface area contributed by atoms with Gasteiger partial charge >= 0.3 is 0 Å². The first-order valence-corrected chi connectivity index (χ1v) is 13.8. The maximum atomic E-state index is 12.8. The van der Waals surface area contributed by atoms with Crippen molar-refractivity contribution in [1.82, 2.24) is 19.7 Å². The highest BCUT2D eigenvalue weighted by atomic mass is 32.2. The highest BCUT2D eigenvalue weighted by Crippen LogP contribution is 2.33. The molecule has 0 saturated carbocycles. The van der Waals surface area contributed by atoms with Gasteiger partial charge in [0.2, 0.25) is 5.91 Å². The van der Waals surface area contributed by atoms with Gasteiger partial charge in [-0.05, 0) is 42.7 Å². The first-order chi connectivity index (χ1) is 19.0. The summed E-state index contributed by atoms with van der Waals surface area (Å²) in [5.74, 6) is 3.72. The van der Waals surface area contributed by atoms with Gasteiger partial charge in [0.05, 0.1) is 27.0 Å². The van der Waals surface area contributed by atoms with Gasteiger partial charge in [0.25, 0.3) is 0 Å². The van der Waals surface area contributed by atoms with E-state index in [1.165, 1.54) is 0 Å². The molecule has 1 heterocycles. The second-order valence-electron chi connectivity index (χ2n) is 8.89. The summed E-state index contributed by atoms with van der Waals surface area (Å²) >= 11 is 1.59. The molecule has 0 unspecified atom stereocenters. The third-order valence-electron chi connectivity index (χ3n) is 6.37. The fraction of sp³-hybridized carbons (Fsp3) is 0.300. The summed E-state index contributed by atoms with van der Waals surface area (Å²) in [5.41, 5.74) is 2.93. The average Bonchev–Trinajstić information content (AvgIpc) is 3.41. The van der Waals surface area contributed by atoms with Gasteiger partial charge in [0, 0.05) is 31.3 Å². The van der Waals surface area contributed by atoms with Crippen LogP contribution in [0, 0.1) is 0 Å². The molecule has 0 atom stereocenters. The Morgan fingerprint density at radius 3 is 2.33 bits per heavy atom. The van der Waals surface area contributed by atoms with Crippen LogP contribution < -0.4 is 14.2 Å². The number of para-hydroxylation sites is 2. The molecular weight excluding hydrogens is 512 g/mol. The predicted octanol–water partition coefficient (Wildman–Crippen LogP) is 5.53. The molecule has 1 aromatic heterocycles. The second kappa shape index (κ2) is 13.7. The number of carbonyl (C=O) groups is 1. The van der Waals surface area contributed by atoms with Crippen molar-refractivity contribution < 1.29 is 19.0 Å². The summed E-state index contributed by atoms with van der Waals surface area (Å²) in [6.45, 7) is 0.629. The molecule has 0 aliphatic carbocycles. The minimum atomic E-state index is 0.118. The number of likely N-dealkylation sites (N-methyl/N-ethyl adjacent to an activating group) is 1. The van der Waals surface area contributed by atoms with Crippen molar-refractivity contribution in [3.05, 3.63) is 78.4 Å². The fourth-order valence-corrected chi connectivity index (χ4v) is 5.09. The number of aromatic nitrogens is 3. The van der Waals surface area contributed by atoms with Crippen LogP contribution in [0.2, 0.25) is 0 Å². The SMILES string of the molecule is COc1ccc(CCN(C)C(=O)CCCSc2nnc(-c3ccccc3)n2-c2ccccc2OC)cc1OC. The Hall–Kier alpha value is -3.98. The molecule has 4 aromatic rings. The van der Waals surface area contributed by atoms with Crippen LogP contribution in [0.4, 0.5) is 0 Å². The molecular formula is C30H34N4O4S. The molecule has 1 amide bonds. The lowest BCUT2D eigenvalue weighted by molar-refractivity contribution is -0.129. The summed E-state index contributed by atoms with van der Waals surface area (Å²) in [4.78, 5) is 14.6. The van der Waals surface area contributed by atoms with Gasteiger partial charge in [-0.25, -0.2) is 0 Å². The van der Waals surface area contributed by atoms with E-state index in [0.717, 1.165) is 52.1 Å². The molecule has 0 saturated heterocycles. The summed E-state index contributed by atoms with van der Waals surface area (Å²) in [6, 6.07) is 23.6. The van der Waals surface area contributed by atoms with E-state index < -0.39 is 0 Å². The molecule has 0 aliphatic heterocycles. The van der Waals surface area contributed by atoms with Crippen molar-refractivity contribution in [2.75, 3.05) is 40.7 Å². The summed E-state index contributed by atoms with van der Waals surface area (Å²) in [6.07, 6.45) is 1.93. The third-order valence-corrected chi connectivity index (χ3v) is 7.38. The van der Waals surface area contributed by atoms with Gasteiger partial charge in [0.15, 0.2) is 22.5 Å². The molecule has 0 radical (unpaired) electrons. The van der Waals surface area contributed by atoms with Crippen LogP contribution in [0.5, 0.6) is 17.2 Å². The third kappa shape index (κ3) is 6.92. The van der Waals surface area contributed by atoms with E-state index in [1.54, 1.807) is 38.0 Å². The molecule has 0 N–H and O–H groups in total. The average molecular weight is 547 g/mol. The van der Waals surface area contributed by atoms with Crippen LogP contribution in [0.1, 0.15) is 18.4 Å². The van der Waals surface area contributed by atoms with Crippen LogP contribution in [-0.4, -0.2) is 66.2 Å². The Morgan fingerprint density at radius 2 is 1.59 bits per heavy atom. The van der Waals surface area contributed by atoms with E-state index in [2.05, 4.69) is 10.2 Å². The minimum absolute atomic E-state index is 0.118. The standard InChI is InChI=1S/C30H34N4O4S/c1-33(19-18-22-16-17-26(37-3)27(21-22)38-4)28(35)15-10-20-39-30-32-31-29(23-11-6-5-7-12-23)34(30)24-13-8-9-14-25(24)36-2/h5-9,11-14,16-17,21H,10,15,18-20H2,1-4H3. The highest BCUT2D eigenvalue weighted by Gasteiger charge is 2.19. The zero-order valence-electron chi connectivity index (χ0n) is 22.8. The Morgan fingerprint density at radius 1 is 0.872 bits per heavy atom. The van der Waals surface area contributed by atoms with Crippen LogP contribution in [-0.2, 0) is 11.2 Å². The monoisotopic (exact) mass is 546 g/mol. The number of rotatable bonds is 13. The molecule has 0 bridgehead atoms. The lowest BCUT2D eigenvalue weighted by Crippen LogP contribution is -2.28. The predicted molar refractivity (Wildman–Crippen MR) is 154 cm³/mol. The van der Waals surface area contributed by atoms with Crippen molar-refractivity contribution in [2.24, 2.45) is 0 Å². The quantitative estimate of drug-likeness (QED) is 0.161. The lowest BCUT2D eigenvalue weighted by Gasteiger charge is -2.18. The van der Waals surface area contributed by atoms with E-state index >= 15 is 0 Å². The maximum absolute atomic E-state index is 12.8. The van der Waals surface area contributed by atoms with Crippen LogP contribution in [0.25, 0.3) is 17.1 Å². The van der Waals surface area contributed by atoms with Crippen molar-refractivity contribution in [3.8, 4) is 34.3 Å². The zero-order valence-corrected chi connectivity index (χ0v) is 23.6. The van der Waals surface area contributed by atoms with Gasteiger partial charge in [-0.1, -0.05) is 60.3 Å². The Labute approximate surface area is 233 Å². The maximum Gasteiger partial charge on any atom is 0.222 e. The van der Waals surface area contributed by atoms with E-state index in [0.29, 0.717) is 24.5 Å². The number of ether oxygens (including phenoxy) is 3. The Bertz CT molecular complexity index is 1380. The van der Waals surface area contributed by atoms with Crippen molar-refractivity contribution in [3.63, 3.8) is 0 Å². The molecule has 204 valence electrons. The van der Waals surface area contributed by atoms with Gasteiger partial charge < -0.3 is 19.1 Å². The molecule has 0 spiro atoms. The number of methoxy groups -OCH3 is 3. The molecule has 3 aromatic carbocycles. The number of thioether (sulfide) groups is 1. The molecule has 8 nitrogen and oxygen atoms in total. The zero-order chi connectivity index (χ0) is 27.6. The van der Waals surface area contributed by atoms with Gasteiger partial charge in [0.1, 0.15) is 5.75 Å². The minimum Gasteiger partial charge on any atom is -0.495 e. The van der Waals surface area contributed by atoms with Gasteiger partial charge in [-0.2, -0.15) is 0 Å². The van der Waals surface area contributed by atoms with Crippen LogP contribution >= 0.6 is 11.8 Å². The smallest absolute Gasteiger partial charge is 0.222 e. The van der Waals surface area contributed by atoms with E-state index in [-0.39, 0.29) is 5.91 Å². The Kier molecular flexibility index (Phi) is 9.85. The number of hydrogen-bond donors (Lipinski definition) is 0. The molecule has 0 fully saturated rings. The van der Waals surface area contributed by atoms with E-state index in [9.17, 15) is 4.79 Å². The van der Waals surface area contributed by atoms with E-state index in [1.807, 2.05) is 84.4 Å². The molecule has 9 heteroatoms. The van der Waals surface area contributed by atoms with Crippen molar-refractivity contribution in [2.45, 2.75) is 24.4 Å². The van der Waals surface area contributed by atoms with Crippen molar-refractivity contribution in [1.29, 1.82) is 0 Å². The summed E-state index contributed by atoms with van der Waals surface area (Å²) < 4.78 is 18.3. The molecule has 0 aliphatic rings. The number of benzene rings is 3. The highest BCUT2D eigenvalue weighted by molar-refractivity contribution is 7.99. The fourth-order valence-electron chi connectivity index (χ4n) is 4.20. The second-order valence-corrected chi connectivity index (χ2v) is 9.95. The lowest BCUT2D eigenvalue weighted by atomic mass is 10.1. The van der Waals surface area contributed by atoms with Crippen LogP contribution in [0.15, 0.2) is 78.0 Å². The first-order valence-electron chi connectivity index (χ1n) is 12.8. The van der Waals surface area contributed by atoms with Crippen LogP contribution in [0.3, 0.4) is 0 Å². The number of amides is 1. The number of carbonyl (C=O) groups excluding carboxylic acids is 1. The normalized spacial score (nSPS) is 10.8. The van der Waals surface area contributed by atoms with Gasteiger partial charge in [-0.15, -0.1) is 10.2 Å². The molecule has 39 heavy (non-hydrogen) atoms. The molecule has 4 rings (SSSR count). The topological polar surface area (TPSA) is 78.7 Å². The Balaban J connectivity index is 1.36. The summed E-state index contributed by atoms with van der Waals surface area (Å²) in [7, 11) is 6.75. The van der Waals surface area contributed by atoms with E-state index in [4.69, 9.17) is 14.2 Å². The number of nitrogens with zero attached hydrogens (tertiary/aromatic N) is 4. The summed E-state index contributed by atoms with van der Waals surface area (Å²) in [5, 5.41) is 9.75. The number of hydrogen-bond acceptors (Lipinski definition) is 7. The largest absolute Gasteiger partial charge is 0.495 e. The van der Waals surface area contributed by atoms with Gasteiger partial charge in [-0.3, -0.25) is 9.36 Å².